The summed E-state index contributed by atoms with van der Waals surface area (Å²) in [5, 5.41) is 3.49. The number of likely N-dealkylation sites (tertiary alicyclic amines) is 1. The lowest BCUT2D eigenvalue weighted by Crippen LogP contribution is -2.40. The Balaban J connectivity index is 1.94. The van der Waals surface area contributed by atoms with Gasteiger partial charge in [0.25, 0.3) is 0 Å². The van der Waals surface area contributed by atoms with E-state index in [1.165, 1.54) is 42.6 Å². The Morgan fingerprint density at radius 2 is 1.81 bits per heavy atom. The highest BCUT2D eigenvalue weighted by Gasteiger charge is 2.21. The number of nitrogens with zero attached hydrogens (tertiary/aromatic N) is 1. The normalized spacial score (nSPS) is 18.9. The number of likely N-dealkylation sites (N-methyl/N-ethyl adjacent to an activating group) is 1. The van der Waals surface area contributed by atoms with Gasteiger partial charge in [-0.1, -0.05) is 29.3 Å². The highest BCUT2D eigenvalue weighted by Crippen LogP contribution is 2.22. The molecule has 1 N–H and O–H groups in total. The van der Waals surface area contributed by atoms with Gasteiger partial charge in [-0.2, -0.15) is 0 Å². The number of aryl methyl sites for hydroxylation is 2. The Bertz CT molecular complexity index is 419. The van der Waals surface area contributed by atoms with Gasteiger partial charge in [-0.15, -0.1) is 0 Å². The molecule has 2 rings (SSSR count). The third-order valence-electron chi connectivity index (χ3n) is 4.55. The predicted molar refractivity (Wildman–Crippen MR) is 88.8 cm³/mol. The summed E-state index contributed by atoms with van der Waals surface area (Å²) in [6.07, 6.45) is 2.52. The van der Waals surface area contributed by atoms with Gasteiger partial charge in [0.1, 0.15) is 0 Å². The van der Waals surface area contributed by atoms with Crippen LogP contribution in [0.1, 0.15) is 35.6 Å². The number of rotatable bonds is 6. The van der Waals surface area contributed by atoms with Crippen LogP contribution >= 0.6 is 0 Å². The third kappa shape index (κ3) is 4.80. The van der Waals surface area contributed by atoms with Gasteiger partial charge < -0.3 is 15.0 Å². The molecule has 1 aromatic carbocycles. The minimum absolute atomic E-state index is 0.419. The van der Waals surface area contributed by atoms with Crippen molar-refractivity contribution >= 4 is 0 Å². The molecule has 0 bridgehead atoms. The zero-order valence-corrected chi connectivity index (χ0v) is 14.0. The number of benzene rings is 1. The lowest BCUT2D eigenvalue weighted by atomic mass is 9.96. The zero-order valence-electron chi connectivity index (χ0n) is 14.0. The van der Waals surface area contributed by atoms with Crippen molar-refractivity contribution in [3.05, 3.63) is 34.9 Å². The van der Waals surface area contributed by atoms with Crippen molar-refractivity contribution in [2.24, 2.45) is 5.92 Å². The molecule has 1 aromatic rings. The molecular formula is C18H30N2O. The SMILES string of the molecule is CNC(CN1CCC(COC)CC1)c1cc(C)cc(C)c1. The predicted octanol–water partition coefficient (Wildman–Crippen LogP) is 2.92. The molecule has 0 amide bonds. The molecule has 0 aliphatic carbocycles. The van der Waals surface area contributed by atoms with Crippen LogP contribution in [0.2, 0.25) is 0 Å². The Morgan fingerprint density at radius 1 is 1.19 bits per heavy atom. The first kappa shape index (κ1) is 16.5. The summed E-state index contributed by atoms with van der Waals surface area (Å²) in [6.45, 7) is 8.76. The van der Waals surface area contributed by atoms with Gasteiger partial charge in [0.15, 0.2) is 0 Å². The zero-order chi connectivity index (χ0) is 15.2. The molecule has 1 heterocycles. The molecule has 0 radical (unpaired) electrons. The number of ether oxygens (including phenoxy) is 1. The second-order valence-corrected chi connectivity index (χ2v) is 6.46. The van der Waals surface area contributed by atoms with Crippen LogP contribution in [-0.2, 0) is 4.74 Å². The van der Waals surface area contributed by atoms with E-state index in [1.54, 1.807) is 0 Å². The fourth-order valence-electron chi connectivity index (χ4n) is 3.40. The van der Waals surface area contributed by atoms with Crippen molar-refractivity contribution in [3.63, 3.8) is 0 Å². The summed E-state index contributed by atoms with van der Waals surface area (Å²) in [5.74, 6) is 0.750. The molecule has 1 fully saturated rings. The van der Waals surface area contributed by atoms with Crippen LogP contribution in [0.5, 0.6) is 0 Å². The Kier molecular flexibility index (Phi) is 6.22. The van der Waals surface area contributed by atoms with Crippen LogP contribution in [-0.4, -0.2) is 45.3 Å². The molecule has 0 saturated carbocycles. The molecular weight excluding hydrogens is 260 g/mol. The van der Waals surface area contributed by atoms with Crippen molar-refractivity contribution in [1.29, 1.82) is 0 Å². The van der Waals surface area contributed by atoms with E-state index in [4.69, 9.17) is 4.74 Å². The van der Waals surface area contributed by atoms with E-state index in [2.05, 4.69) is 49.3 Å². The third-order valence-corrected chi connectivity index (χ3v) is 4.55. The average Bonchev–Trinajstić information content (AvgIpc) is 2.45. The quantitative estimate of drug-likeness (QED) is 0.872. The van der Waals surface area contributed by atoms with Crippen molar-refractivity contribution < 1.29 is 4.74 Å². The van der Waals surface area contributed by atoms with Gasteiger partial charge >= 0.3 is 0 Å². The minimum atomic E-state index is 0.419. The maximum atomic E-state index is 5.28. The molecule has 3 heteroatoms. The minimum Gasteiger partial charge on any atom is -0.384 e. The summed E-state index contributed by atoms with van der Waals surface area (Å²) >= 11 is 0. The highest BCUT2D eigenvalue weighted by atomic mass is 16.5. The Labute approximate surface area is 129 Å². The van der Waals surface area contributed by atoms with Gasteiger partial charge in [-0.25, -0.2) is 0 Å². The topological polar surface area (TPSA) is 24.5 Å². The fourth-order valence-corrected chi connectivity index (χ4v) is 3.40. The summed E-state index contributed by atoms with van der Waals surface area (Å²) in [5.41, 5.74) is 4.11. The molecule has 3 nitrogen and oxygen atoms in total. The molecule has 1 aliphatic heterocycles. The second kappa shape index (κ2) is 7.92. The molecule has 21 heavy (non-hydrogen) atoms. The largest absolute Gasteiger partial charge is 0.384 e. The van der Waals surface area contributed by atoms with Gasteiger partial charge in [-0.3, -0.25) is 0 Å². The van der Waals surface area contributed by atoms with Gasteiger partial charge in [0.05, 0.1) is 0 Å². The van der Waals surface area contributed by atoms with Crippen molar-refractivity contribution in [2.45, 2.75) is 32.7 Å². The van der Waals surface area contributed by atoms with Gasteiger partial charge in [0, 0.05) is 26.3 Å². The monoisotopic (exact) mass is 290 g/mol. The first-order valence-corrected chi connectivity index (χ1v) is 8.09. The molecule has 0 aromatic heterocycles. The van der Waals surface area contributed by atoms with E-state index in [0.29, 0.717) is 6.04 Å². The van der Waals surface area contributed by atoms with Crippen LogP contribution in [0.25, 0.3) is 0 Å². The lowest BCUT2D eigenvalue weighted by molar-refractivity contribution is 0.0956. The lowest BCUT2D eigenvalue weighted by Gasteiger charge is -2.34. The van der Waals surface area contributed by atoms with Crippen molar-refractivity contribution in [2.75, 3.05) is 40.4 Å². The number of hydrogen-bond acceptors (Lipinski definition) is 3. The van der Waals surface area contributed by atoms with Crippen LogP contribution in [0, 0.1) is 19.8 Å². The van der Waals surface area contributed by atoms with E-state index >= 15 is 0 Å². The Morgan fingerprint density at radius 3 is 2.33 bits per heavy atom. The fraction of sp³-hybridized carbons (Fsp3) is 0.667. The van der Waals surface area contributed by atoms with Gasteiger partial charge in [0.2, 0.25) is 0 Å². The number of nitrogens with one attached hydrogen (secondary N) is 1. The van der Waals surface area contributed by atoms with Crippen LogP contribution in [0.4, 0.5) is 0 Å². The summed E-state index contributed by atoms with van der Waals surface area (Å²) < 4.78 is 5.28. The van der Waals surface area contributed by atoms with Crippen LogP contribution < -0.4 is 5.32 Å². The molecule has 0 spiro atoms. The molecule has 1 saturated heterocycles. The second-order valence-electron chi connectivity index (χ2n) is 6.46. The van der Waals surface area contributed by atoms with E-state index in [0.717, 1.165) is 19.1 Å². The van der Waals surface area contributed by atoms with Crippen molar-refractivity contribution in [1.82, 2.24) is 10.2 Å². The van der Waals surface area contributed by atoms with Crippen LogP contribution in [0.3, 0.4) is 0 Å². The maximum absolute atomic E-state index is 5.28. The number of methoxy groups -OCH3 is 1. The highest BCUT2D eigenvalue weighted by molar-refractivity contribution is 5.30. The average molecular weight is 290 g/mol. The smallest absolute Gasteiger partial charge is 0.0491 e. The summed E-state index contributed by atoms with van der Waals surface area (Å²) in [6, 6.07) is 7.28. The molecule has 1 unspecified atom stereocenters. The molecule has 1 atom stereocenters. The van der Waals surface area contributed by atoms with E-state index in [-0.39, 0.29) is 0 Å². The molecule has 118 valence electrons. The van der Waals surface area contributed by atoms with Crippen molar-refractivity contribution in [3.8, 4) is 0 Å². The van der Waals surface area contributed by atoms with Gasteiger partial charge in [-0.05, 0) is 58.3 Å². The first-order valence-electron chi connectivity index (χ1n) is 8.09. The summed E-state index contributed by atoms with van der Waals surface area (Å²) in [4.78, 5) is 2.59. The standard InChI is InChI=1S/C18H30N2O/c1-14-9-15(2)11-17(10-14)18(19-3)12-20-7-5-16(6-8-20)13-21-4/h9-11,16,18-19H,5-8,12-13H2,1-4H3. The Hall–Kier alpha value is -0.900. The maximum Gasteiger partial charge on any atom is 0.0491 e. The molecule has 1 aliphatic rings. The number of piperidine rings is 1. The first-order chi connectivity index (χ1) is 10.1. The van der Waals surface area contributed by atoms with E-state index in [1.807, 2.05) is 7.11 Å². The van der Waals surface area contributed by atoms with Crippen LogP contribution in [0.15, 0.2) is 18.2 Å². The summed E-state index contributed by atoms with van der Waals surface area (Å²) in [7, 11) is 3.88. The van der Waals surface area contributed by atoms with E-state index < -0.39 is 0 Å². The number of hydrogen-bond donors (Lipinski definition) is 1. The van der Waals surface area contributed by atoms with E-state index in [9.17, 15) is 0 Å².